The van der Waals surface area contributed by atoms with Gasteiger partial charge >= 0.3 is 0 Å². The summed E-state index contributed by atoms with van der Waals surface area (Å²) in [6.45, 7) is 4.53. The smallest absolute Gasteiger partial charge is 0.0270 e. The van der Waals surface area contributed by atoms with Gasteiger partial charge in [-0.3, -0.25) is 0 Å². The quantitative estimate of drug-likeness (QED) is 0.645. The molecule has 1 aromatic carbocycles. The highest BCUT2D eigenvalue weighted by atomic mass is 14.2. The third-order valence-corrected chi connectivity index (χ3v) is 3.24. The molecule has 0 nitrogen and oxygen atoms in total. The molecule has 0 N–H and O–H groups in total. The van der Waals surface area contributed by atoms with E-state index < -0.39 is 0 Å². The molecular formula is C13H18. The van der Waals surface area contributed by atoms with E-state index in [1.807, 2.05) is 0 Å². The van der Waals surface area contributed by atoms with Crippen LogP contribution in [0.25, 0.3) is 0 Å². The van der Waals surface area contributed by atoms with Gasteiger partial charge in [0.15, 0.2) is 0 Å². The Kier molecular flexibility index (Phi) is 2.39. The number of fused-ring (bicyclic) bond motifs is 1. The molecule has 1 aliphatic carbocycles. The topological polar surface area (TPSA) is 0 Å². The Morgan fingerprint density at radius 2 is 1.38 bits per heavy atom. The van der Waals surface area contributed by atoms with E-state index >= 15 is 0 Å². The summed E-state index contributed by atoms with van der Waals surface area (Å²) in [5.41, 5.74) is 6.54. The van der Waals surface area contributed by atoms with Crippen molar-refractivity contribution in [3.8, 4) is 0 Å². The molecule has 0 saturated carbocycles. The lowest BCUT2D eigenvalue weighted by molar-refractivity contribution is 0.901. The molecule has 0 bridgehead atoms. The Labute approximate surface area is 81.0 Å². The van der Waals surface area contributed by atoms with Gasteiger partial charge in [0.25, 0.3) is 0 Å². The largest absolute Gasteiger partial charge is 0.0613 e. The predicted octanol–water partition coefficient (Wildman–Crippen LogP) is 3.30. The summed E-state index contributed by atoms with van der Waals surface area (Å²) < 4.78 is 0. The van der Waals surface area contributed by atoms with Crippen LogP contribution in [-0.2, 0) is 25.7 Å². The summed E-state index contributed by atoms with van der Waals surface area (Å²) in [5, 5.41) is 0. The maximum Gasteiger partial charge on any atom is -0.0270 e. The molecule has 1 aromatic rings. The van der Waals surface area contributed by atoms with Gasteiger partial charge in [-0.1, -0.05) is 26.0 Å². The fourth-order valence-corrected chi connectivity index (χ4v) is 2.52. The SMILES string of the molecule is CCc1ccc(CC)c2c1CCC2. The zero-order chi connectivity index (χ0) is 9.26. The third kappa shape index (κ3) is 1.39. The van der Waals surface area contributed by atoms with Crippen molar-refractivity contribution in [3.05, 3.63) is 34.4 Å². The first kappa shape index (κ1) is 8.80. The van der Waals surface area contributed by atoms with Crippen molar-refractivity contribution in [1.82, 2.24) is 0 Å². The van der Waals surface area contributed by atoms with Crippen LogP contribution in [0.3, 0.4) is 0 Å². The summed E-state index contributed by atoms with van der Waals surface area (Å²) in [5.74, 6) is 0. The van der Waals surface area contributed by atoms with Gasteiger partial charge in [-0.25, -0.2) is 0 Å². The average Bonchev–Trinajstić information content (AvgIpc) is 2.64. The number of rotatable bonds is 2. The van der Waals surface area contributed by atoms with E-state index in [1.165, 1.54) is 32.1 Å². The lowest BCUT2D eigenvalue weighted by atomic mass is 9.96. The molecule has 0 aliphatic heterocycles. The maximum atomic E-state index is 2.34. The Morgan fingerprint density at radius 1 is 0.923 bits per heavy atom. The lowest BCUT2D eigenvalue weighted by Gasteiger charge is -2.10. The average molecular weight is 174 g/mol. The summed E-state index contributed by atoms with van der Waals surface area (Å²) in [7, 11) is 0. The minimum absolute atomic E-state index is 1.20. The molecule has 0 radical (unpaired) electrons. The van der Waals surface area contributed by atoms with Gasteiger partial charge in [-0.15, -0.1) is 0 Å². The van der Waals surface area contributed by atoms with Crippen LogP contribution in [0.1, 0.15) is 42.5 Å². The molecule has 70 valence electrons. The second-order valence-electron chi connectivity index (χ2n) is 3.90. The van der Waals surface area contributed by atoms with Gasteiger partial charge in [-0.2, -0.15) is 0 Å². The first-order valence-corrected chi connectivity index (χ1v) is 5.49. The van der Waals surface area contributed by atoms with Crippen LogP contribution in [-0.4, -0.2) is 0 Å². The van der Waals surface area contributed by atoms with Crippen LogP contribution >= 0.6 is 0 Å². The molecule has 0 saturated heterocycles. The van der Waals surface area contributed by atoms with Crippen LogP contribution in [0, 0.1) is 0 Å². The van der Waals surface area contributed by atoms with Crippen molar-refractivity contribution in [2.24, 2.45) is 0 Å². The Balaban J connectivity index is 2.52. The first-order chi connectivity index (χ1) is 6.36. The van der Waals surface area contributed by atoms with Gasteiger partial charge in [0, 0.05) is 0 Å². The Morgan fingerprint density at radius 3 is 1.77 bits per heavy atom. The van der Waals surface area contributed by atoms with E-state index in [0.717, 1.165) is 0 Å². The summed E-state index contributed by atoms with van der Waals surface area (Å²) in [6.07, 6.45) is 6.43. The maximum absolute atomic E-state index is 2.34. The second kappa shape index (κ2) is 3.53. The molecular weight excluding hydrogens is 156 g/mol. The summed E-state index contributed by atoms with van der Waals surface area (Å²) in [6, 6.07) is 4.67. The molecule has 0 aromatic heterocycles. The molecule has 1 aliphatic rings. The minimum atomic E-state index is 1.20. The van der Waals surface area contributed by atoms with Crippen LogP contribution in [0.15, 0.2) is 12.1 Å². The summed E-state index contributed by atoms with van der Waals surface area (Å²) >= 11 is 0. The van der Waals surface area contributed by atoms with Crippen LogP contribution < -0.4 is 0 Å². The van der Waals surface area contributed by atoms with Crippen molar-refractivity contribution in [1.29, 1.82) is 0 Å². The lowest BCUT2D eigenvalue weighted by Crippen LogP contribution is -1.96. The Bertz CT molecular complexity index is 279. The van der Waals surface area contributed by atoms with Crippen molar-refractivity contribution in [3.63, 3.8) is 0 Å². The third-order valence-electron chi connectivity index (χ3n) is 3.24. The fraction of sp³-hybridized carbons (Fsp3) is 0.538. The van der Waals surface area contributed by atoms with Gasteiger partial charge in [-0.05, 0) is 54.4 Å². The second-order valence-corrected chi connectivity index (χ2v) is 3.90. The number of hydrogen-bond acceptors (Lipinski definition) is 0. The van der Waals surface area contributed by atoms with Crippen LogP contribution in [0.2, 0.25) is 0 Å². The van der Waals surface area contributed by atoms with Crippen LogP contribution in [0.5, 0.6) is 0 Å². The van der Waals surface area contributed by atoms with Crippen molar-refractivity contribution in [2.45, 2.75) is 46.0 Å². The minimum Gasteiger partial charge on any atom is -0.0613 e. The predicted molar refractivity (Wildman–Crippen MR) is 57.2 cm³/mol. The highest BCUT2D eigenvalue weighted by Crippen LogP contribution is 2.29. The number of aryl methyl sites for hydroxylation is 2. The van der Waals surface area contributed by atoms with E-state index in [0.29, 0.717) is 0 Å². The standard InChI is InChI=1S/C13H18/c1-3-10-8-9-11(4-2)13-7-5-6-12(10)13/h8-9H,3-7H2,1-2H3. The highest BCUT2D eigenvalue weighted by molar-refractivity contribution is 5.44. The number of hydrogen-bond donors (Lipinski definition) is 0. The van der Waals surface area contributed by atoms with E-state index in [9.17, 15) is 0 Å². The van der Waals surface area contributed by atoms with E-state index in [-0.39, 0.29) is 0 Å². The van der Waals surface area contributed by atoms with Gasteiger partial charge in [0.2, 0.25) is 0 Å². The van der Waals surface area contributed by atoms with Crippen LogP contribution in [0.4, 0.5) is 0 Å². The van der Waals surface area contributed by atoms with E-state index in [1.54, 1.807) is 22.3 Å². The van der Waals surface area contributed by atoms with Gasteiger partial charge in [0.1, 0.15) is 0 Å². The molecule has 0 atom stereocenters. The monoisotopic (exact) mass is 174 g/mol. The van der Waals surface area contributed by atoms with Crippen molar-refractivity contribution >= 4 is 0 Å². The molecule has 13 heavy (non-hydrogen) atoms. The zero-order valence-electron chi connectivity index (χ0n) is 8.69. The van der Waals surface area contributed by atoms with E-state index in [2.05, 4.69) is 26.0 Å². The number of benzene rings is 1. The molecule has 0 heterocycles. The molecule has 0 heteroatoms. The fourth-order valence-electron chi connectivity index (χ4n) is 2.52. The molecule has 0 spiro atoms. The molecule has 0 fully saturated rings. The normalized spacial score (nSPS) is 14.6. The van der Waals surface area contributed by atoms with Crippen molar-refractivity contribution < 1.29 is 0 Å². The highest BCUT2D eigenvalue weighted by Gasteiger charge is 2.16. The molecule has 0 amide bonds. The zero-order valence-corrected chi connectivity index (χ0v) is 8.69. The Hall–Kier alpha value is -0.780. The summed E-state index contributed by atoms with van der Waals surface area (Å²) in [4.78, 5) is 0. The van der Waals surface area contributed by atoms with Crippen molar-refractivity contribution in [2.75, 3.05) is 0 Å². The molecule has 0 unspecified atom stereocenters. The molecule has 2 rings (SSSR count). The van der Waals surface area contributed by atoms with Gasteiger partial charge < -0.3 is 0 Å². The first-order valence-electron chi connectivity index (χ1n) is 5.49. The van der Waals surface area contributed by atoms with E-state index in [4.69, 9.17) is 0 Å². The van der Waals surface area contributed by atoms with Gasteiger partial charge in [0.05, 0.1) is 0 Å².